The van der Waals surface area contributed by atoms with E-state index in [1.165, 1.54) is 11.6 Å². The molecule has 0 aromatic heterocycles. The van der Waals surface area contributed by atoms with Crippen molar-refractivity contribution in [3.05, 3.63) is 99.7 Å². The minimum atomic E-state index is -2.31. The number of carboxylic acid groups (broad SMARTS) is 1. The number of rotatable bonds is 3. The van der Waals surface area contributed by atoms with E-state index in [1.54, 1.807) is 24.3 Å². The van der Waals surface area contributed by atoms with Crippen LogP contribution in [0.3, 0.4) is 0 Å². The smallest absolute Gasteiger partial charge is 0.331 e. The van der Waals surface area contributed by atoms with Crippen molar-refractivity contribution in [2.75, 3.05) is 0 Å². The number of aliphatic hydroxyl groups is 4. The van der Waals surface area contributed by atoms with E-state index < -0.39 is 78.7 Å². The predicted octanol–water partition coefficient (Wildman–Crippen LogP) is 5.32. The van der Waals surface area contributed by atoms with Crippen LogP contribution in [0.1, 0.15) is 109 Å². The molecular weight excluding hydrogens is 807 g/mol. The molecule has 0 heterocycles. The number of benzene rings is 1. The Balaban J connectivity index is 1.22. The standard InChI is InChI=1S/C53H59N3O8/c1-30-47(23-24-48(56-43(54)55)22-16-35-34(42(59)60)13-10-20-52(35,63)53(30,48)64)29-49(61)25-26-50(62)38(33-15-14-31-11-6-7-12-32(31)27-33)40-44(2)18-8-5-9-19-51(49)41(50)39(36(57)28-46(47,51)4)45(40,3)21-17-37(44)58/h6-7,10-12,20,23-27,30,38,40,61-64H,9,13-19,21-22,28-29H2,1-4H3,(H,59,60)(H4,54,55,56). The SMILES string of the molecule is CC1C2(C=CC3(N=C(N)N)CCC4=C(C(=O)O)CC=CC4(O)C13O)CC1(O)C=CC3(O)C4=C5C(=O)CC2(C)C41CCC#CCC1(C)C(=O)CCC5(C)C1C3C1=Cc2ccccc2CC1. The lowest BCUT2D eigenvalue weighted by atomic mass is 9.33. The molecule has 3 fully saturated rings. The van der Waals surface area contributed by atoms with E-state index in [-0.39, 0.29) is 86.5 Å². The first-order valence-corrected chi connectivity index (χ1v) is 23.2. The second kappa shape index (κ2) is 12.5. The van der Waals surface area contributed by atoms with Gasteiger partial charge in [0, 0.05) is 70.3 Å². The third kappa shape index (κ3) is 4.36. The van der Waals surface area contributed by atoms with Gasteiger partial charge in [-0.15, -0.1) is 11.8 Å². The normalized spacial score (nSPS) is 47.8. The summed E-state index contributed by atoms with van der Waals surface area (Å²) < 4.78 is 0. The van der Waals surface area contributed by atoms with Gasteiger partial charge in [0.15, 0.2) is 11.7 Å². The fraction of sp³-hybridized carbons (Fsp3) is 0.547. The van der Waals surface area contributed by atoms with Crippen LogP contribution in [0.4, 0.5) is 0 Å². The maximum absolute atomic E-state index is 16.0. The lowest BCUT2D eigenvalue weighted by Crippen LogP contribution is -2.77. The van der Waals surface area contributed by atoms with Gasteiger partial charge in [-0.05, 0) is 97.1 Å². The van der Waals surface area contributed by atoms with Crippen molar-refractivity contribution in [2.24, 2.45) is 61.3 Å². The van der Waals surface area contributed by atoms with Crippen molar-refractivity contribution >= 4 is 29.6 Å². The molecule has 1 aromatic rings. The van der Waals surface area contributed by atoms with Crippen LogP contribution >= 0.6 is 0 Å². The molecule has 2 spiro atoms. The number of Topliss-reactive ketones (excluding diaryl/α,β-unsaturated/α-hetero) is 2. The minimum Gasteiger partial charge on any atom is -0.478 e. The molecule has 0 amide bonds. The fourth-order valence-corrected chi connectivity index (χ4v) is 17.3. The molecule has 11 nitrogen and oxygen atoms in total. The number of hydrogen-bond donors (Lipinski definition) is 7. The highest BCUT2D eigenvalue weighted by atomic mass is 16.4. The number of guanidine groups is 1. The largest absolute Gasteiger partial charge is 0.478 e. The summed E-state index contributed by atoms with van der Waals surface area (Å²) in [6.45, 7) is 7.93. The number of carbonyl (C=O) groups excluding carboxylic acids is 2. The van der Waals surface area contributed by atoms with Crippen molar-refractivity contribution in [1.82, 2.24) is 0 Å². The van der Waals surface area contributed by atoms with E-state index in [0.717, 1.165) is 17.6 Å². The van der Waals surface area contributed by atoms with Crippen LogP contribution in [0, 0.1) is 56.7 Å². The van der Waals surface area contributed by atoms with E-state index in [1.807, 2.05) is 39.0 Å². The number of fused-ring (bicyclic) bond motifs is 6. The molecule has 10 aliphatic carbocycles. The van der Waals surface area contributed by atoms with Gasteiger partial charge >= 0.3 is 5.97 Å². The van der Waals surface area contributed by atoms with Gasteiger partial charge in [-0.2, -0.15) is 0 Å². The molecule has 10 aliphatic rings. The predicted molar refractivity (Wildman–Crippen MR) is 239 cm³/mol. The molecule has 11 heteroatoms. The van der Waals surface area contributed by atoms with Gasteiger partial charge in [-0.25, -0.2) is 9.79 Å². The van der Waals surface area contributed by atoms with Crippen molar-refractivity contribution in [2.45, 2.75) is 133 Å². The quantitative estimate of drug-likeness (QED) is 0.0898. The molecule has 13 atom stereocenters. The lowest BCUT2D eigenvalue weighted by molar-refractivity contribution is -0.224. The third-order valence-corrected chi connectivity index (χ3v) is 19.8. The minimum absolute atomic E-state index is 0.0117. The summed E-state index contributed by atoms with van der Waals surface area (Å²) in [5.41, 5.74) is 1.15. The number of nitrogens with zero attached hydrogens (tertiary/aromatic N) is 1. The molecule has 4 bridgehead atoms. The summed E-state index contributed by atoms with van der Waals surface area (Å²) >= 11 is 0. The number of carboxylic acids is 1. The highest BCUT2D eigenvalue weighted by molar-refractivity contribution is 6.02. The lowest BCUT2D eigenvalue weighted by Gasteiger charge is -2.71. The van der Waals surface area contributed by atoms with Crippen LogP contribution < -0.4 is 11.5 Å². The maximum atomic E-state index is 16.0. The van der Waals surface area contributed by atoms with Gasteiger partial charge in [0.05, 0.1) is 5.60 Å². The average Bonchev–Trinajstić information content (AvgIpc) is 3.40. The van der Waals surface area contributed by atoms with Crippen molar-refractivity contribution < 1.29 is 39.9 Å². The molecule has 11 rings (SSSR count). The van der Waals surface area contributed by atoms with Gasteiger partial charge in [0.25, 0.3) is 0 Å². The van der Waals surface area contributed by atoms with Crippen molar-refractivity contribution in [1.29, 1.82) is 0 Å². The molecule has 13 unspecified atom stereocenters. The zero-order valence-corrected chi connectivity index (χ0v) is 37.1. The summed E-state index contributed by atoms with van der Waals surface area (Å²) in [5.74, 6) is 3.04. The highest BCUT2D eigenvalue weighted by Crippen LogP contribution is 2.85. The number of carbonyl (C=O) groups is 3. The molecule has 334 valence electrons. The molecule has 0 saturated heterocycles. The monoisotopic (exact) mass is 865 g/mol. The molecule has 0 aliphatic heterocycles. The van der Waals surface area contributed by atoms with E-state index in [0.29, 0.717) is 24.0 Å². The molecule has 1 aromatic carbocycles. The number of allylic oxidation sites excluding steroid dienone is 3. The van der Waals surface area contributed by atoms with Crippen molar-refractivity contribution in [3.63, 3.8) is 0 Å². The molecule has 9 N–H and O–H groups in total. The highest BCUT2D eigenvalue weighted by Gasteiger charge is 2.86. The zero-order chi connectivity index (χ0) is 45.5. The first kappa shape index (κ1) is 41.8. The molecular formula is C53H59N3O8. The summed E-state index contributed by atoms with van der Waals surface area (Å²) in [5, 5.41) is 66.0. The number of ketones is 2. The number of aliphatic imine (C=N–C) groups is 1. The van der Waals surface area contributed by atoms with E-state index in [2.05, 4.69) is 37.0 Å². The van der Waals surface area contributed by atoms with Crippen LogP contribution in [0.2, 0.25) is 0 Å². The van der Waals surface area contributed by atoms with Crippen LogP contribution in [0.5, 0.6) is 0 Å². The Morgan fingerprint density at radius 2 is 1.64 bits per heavy atom. The Labute approximate surface area is 373 Å². The molecule has 64 heavy (non-hydrogen) atoms. The van der Waals surface area contributed by atoms with Crippen LogP contribution in [0.25, 0.3) is 6.08 Å². The van der Waals surface area contributed by atoms with E-state index in [4.69, 9.17) is 16.5 Å². The van der Waals surface area contributed by atoms with Gasteiger partial charge < -0.3 is 37.0 Å². The Bertz CT molecular complexity index is 2710. The second-order valence-corrected chi connectivity index (χ2v) is 22.0. The Kier molecular flexibility index (Phi) is 8.18. The first-order chi connectivity index (χ1) is 30.1. The third-order valence-electron chi connectivity index (χ3n) is 19.8. The average molecular weight is 866 g/mol. The molecule has 3 saturated carbocycles. The van der Waals surface area contributed by atoms with Crippen LogP contribution in [-0.4, -0.2) is 77.0 Å². The van der Waals surface area contributed by atoms with Gasteiger partial charge in [-0.1, -0.05) is 87.9 Å². The van der Waals surface area contributed by atoms with E-state index in [9.17, 15) is 35.1 Å². The maximum Gasteiger partial charge on any atom is 0.331 e. The van der Waals surface area contributed by atoms with Gasteiger partial charge in [0.1, 0.15) is 28.1 Å². The summed E-state index contributed by atoms with van der Waals surface area (Å²) in [7, 11) is 0. The Morgan fingerprint density at radius 3 is 2.39 bits per heavy atom. The van der Waals surface area contributed by atoms with Crippen LogP contribution in [-0.2, 0) is 20.8 Å². The number of nitrogens with two attached hydrogens (primary N) is 2. The van der Waals surface area contributed by atoms with Gasteiger partial charge in [-0.3, -0.25) is 9.59 Å². The zero-order valence-electron chi connectivity index (χ0n) is 37.1. The summed E-state index contributed by atoms with van der Waals surface area (Å²) in [6.07, 6.45) is 15.4. The van der Waals surface area contributed by atoms with Crippen LogP contribution in [0.15, 0.2) is 93.6 Å². The molecule has 0 radical (unpaired) electrons. The van der Waals surface area contributed by atoms with E-state index >= 15 is 4.79 Å². The van der Waals surface area contributed by atoms with Crippen molar-refractivity contribution in [3.8, 4) is 11.8 Å². The second-order valence-electron chi connectivity index (χ2n) is 22.0. The fourth-order valence-electron chi connectivity index (χ4n) is 17.3. The topological polar surface area (TPSA) is 217 Å². The van der Waals surface area contributed by atoms with Gasteiger partial charge in [0.2, 0.25) is 0 Å². The summed E-state index contributed by atoms with van der Waals surface area (Å²) in [4.78, 5) is 48.1. The number of aliphatic carboxylic acids is 1. The summed E-state index contributed by atoms with van der Waals surface area (Å²) in [6, 6.07) is 8.24. The Morgan fingerprint density at radius 1 is 0.875 bits per heavy atom. The number of aryl methyl sites for hydroxylation is 1. The first-order valence-electron chi connectivity index (χ1n) is 23.2. The number of hydrogen-bond acceptors (Lipinski definition) is 8. The Hall–Kier alpha value is -4.86.